The van der Waals surface area contributed by atoms with Gasteiger partial charge in [0.05, 0.1) is 20.1 Å². The number of rotatable bonds is 6. The Balaban J connectivity index is 0.00000300. The van der Waals surface area contributed by atoms with Crippen molar-refractivity contribution in [3.8, 4) is 0 Å². The molecule has 0 heterocycles. The second-order valence-electron chi connectivity index (χ2n) is 8.30. The van der Waals surface area contributed by atoms with Gasteiger partial charge in [0.2, 0.25) is 5.91 Å². The van der Waals surface area contributed by atoms with Crippen LogP contribution in [-0.2, 0) is 11.3 Å². The Kier molecular flexibility index (Phi) is 8.83. The molecule has 1 aliphatic carbocycles. The normalized spacial score (nSPS) is 15.1. The Bertz CT molecular complexity index is 827. The fourth-order valence-corrected chi connectivity index (χ4v) is 4.06. The maximum atomic E-state index is 12.9. The standard InChI is InChI=1S/C24H29FN2O.HI/c1-27(2,23-9-4-3-5-10-23)18-20-7-6-8-22(17-20)26-24(28)16-13-19-11-14-21(25)15-12-19;/h6-8,11-17,23H,3-5,9-10,18H2,1-2H3;1H. The number of amides is 1. The second kappa shape index (κ2) is 10.9. The highest BCUT2D eigenvalue weighted by Crippen LogP contribution is 2.28. The number of hydrogen-bond donors (Lipinski definition) is 1. The topological polar surface area (TPSA) is 29.1 Å². The third-order valence-corrected chi connectivity index (χ3v) is 5.64. The lowest BCUT2D eigenvalue weighted by Crippen LogP contribution is -3.00. The zero-order chi connectivity index (χ0) is 20.0. The van der Waals surface area contributed by atoms with Gasteiger partial charge in [0, 0.05) is 17.3 Å². The third kappa shape index (κ3) is 7.23. The fourth-order valence-electron chi connectivity index (χ4n) is 4.06. The number of quaternary nitrogens is 1. The number of anilines is 1. The molecule has 5 heteroatoms. The molecule has 0 atom stereocenters. The van der Waals surface area contributed by atoms with E-state index in [9.17, 15) is 9.18 Å². The lowest BCUT2D eigenvalue weighted by Gasteiger charge is -2.40. The molecule has 2 aromatic rings. The van der Waals surface area contributed by atoms with Crippen LogP contribution in [0.1, 0.15) is 43.2 Å². The van der Waals surface area contributed by atoms with Crippen LogP contribution in [0.15, 0.2) is 54.6 Å². The van der Waals surface area contributed by atoms with Gasteiger partial charge in [0.25, 0.3) is 0 Å². The molecule has 2 aromatic carbocycles. The summed E-state index contributed by atoms with van der Waals surface area (Å²) in [7, 11) is 4.62. The fraction of sp³-hybridized carbons (Fsp3) is 0.375. The second-order valence-corrected chi connectivity index (χ2v) is 8.30. The first-order valence-corrected chi connectivity index (χ1v) is 10.1. The summed E-state index contributed by atoms with van der Waals surface area (Å²) in [6, 6.07) is 14.9. The first-order chi connectivity index (χ1) is 13.4. The van der Waals surface area contributed by atoms with Crippen molar-refractivity contribution in [3.63, 3.8) is 0 Å². The Labute approximate surface area is 190 Å². The molecule has 1 aliphatic rings. The van der Waals surface area contributed by atoms with Crippen LogP contribution >= 0.6 is 0 Å². The predicted octanol–water partition coefficient (Wildman–Crippen LogP) is 2.39. The number of nitrogens with one attached hydrogen (secondary N) is 1. The van der Waals surface area contributed by atoms with E-state index in [0.29, 0.717) is 6.04 Å². The maximum Gasteiger partial charge on any atom is 0.248 e. The summed E-state index contributed by atoms with van der Waals surface area (Å²) in [6.45, 7) is 0.958. The van der Waals surface area contributed by atoms with Crippen LogP contribution in [0.25, 0.3) is 6.08 Å². The van der Waals surface area contributed by atoms with Crippen LogP contribution in [0.2, 0.25) is 0 Å². The minimum Gasteiger partial charge on any atom is -1.00 e. The van der Waals surface area contributed by atoms with E-state index in [4.69, 9.17) is 0 Å². The van der Waals surface area contributed by atoms with Crippen molar-refractivity contribution < 1.29 is 37.6 Å². The van der Waals surface area contributed by atoms with E-state index in [1.165, 1.54) is 55.9 Å². The summed E-state index contributed by atoms with van der Waals surface area (Å²) < 4.78 is 13.9. The predicted molar refractivity (Wildman–Crippen MR) is 113 cm³/mol. The highest BCUT2D eigenvalue weighted by molar-refractivity contribution is 6.01. The van der Waals surface area contributed by atoms with Gasteiger partial charge in [-0.05, 0) is 61.6 Å². The van der Waals surface area contributed by atoms with Gasteiger partial charge in [-0.25, -0.2) is 4.39 Å². The van der Waals surface area contributed by atoms with E-state index < -0.39 is 0 Å². The van der Waals surface area contributed by atoms with Gasteiger partial charge in [0.1, 0.15) is 12.4 Å². The average molecular weight is 508 g/mol. The monoisotopic (exact) mass is 508 g/mol. The van der Waals surface area contributed by atoms with Crippen LogP contribution in [0.3, 0.4) is 0 Å². The van der Waals surface area contributed by atoms with E-state index >= 15 is 0 Å². The molecule has 1 N–H and O–H groups in total. The smallest absolute Gasteiger partial charge is 0.248 e. The van der Waals surface area contributed by atoms with Crippen LogP contribution in [-0.4, -0.2) is 30.5 Å². The van der Waals surface area contributed by atoms with Crippen molar-refractivity contribution in [1.29, 1.82) is 0 Å². The SMILES string of the molecule is C[N+](C)(Cc1cccc(NC(=O)C=Cc2ccc(F)cc2)c1)C1CCCCC1.[I-]. The molecule has 0 bridgehead atoms. The summed E-state index contributed by atoms with van der Waals surface area (Å²) >= 11 is 0. The number of carbonyl (C=O) groups is 1. The summed E-state index contributed by atoms with van der Waals surface area (Å²) in [5.74, 6) is -0.476. The van der Waals surface area contributed by atoms with E-state index in [1.54, 1.807) is 18.2 Å². The van der Waals surface area contributed by atoms with Gasteiger partial charge < -0.3 is 33.8 Å². The lowest BCUT2D eigenvalue weighted by molar-refractivity contribution is -0.929. The van der Waals surface area contributed by atoms with Gasteiger partial charge in [-0.3, -0.25) is 4.79 Å². The Hall–Kier alpha value is -1.73. The molecule has 29 heavy (non-hydrogen) atoms. The van der Waals surface area contributed by atoms with Gasteiger partial charge >= 0.3 is 0 Å². The van der Waals surface area contributed by atoms with Crippen molar-refractivity contribution in [3.05, 3.63) is 71.6 Å². The van der Waals surface area contributed by atoms with Crippen molar-refractivity contribution in [2.45, 2.75) is 44.7 Å². The molecule has 0 saturated heterocycles. The van der Waals surface area contributed by atoms with E-state index in [1.807, 2.05) is 12.1 Å². The number of hydrogen-bond acceptors (Lipinski definition) is 1. The van der Waals surface area contributed by atoms with Crippen LogP contribution in [0.4, 0.5) is 10.1 Å². The molecule has 0 aliphatic heterocycles. The molecular formula is C24H30FIN2O. The number of carbonyl (C=O) groups excluding carboxylic acids is 1. The minimum atomic E-state index is -0.284. The molecule has 1 saturated carbocycles. The largest absolute Gasteiger partial charge is 1.00 e. The molecule has 3 nitrogen and oxygen atoms in total. The first kappa shape index (κ1) is 23.5. The van der Waals surface area contributed by atoms with Crippen LogP contribution in [0.5, 0.6) is 0 Å². The van der Waals surface area contributed by atoms with Crippen molar-refractivity contribution >= 4 is 17.7 Å². The zero-order valence-corrected chi connectivity index (χ0v) is 19.4. The van der Waals surface area contributed by atoms with Gasteiger partial charge in [-0.15, -0.1) is 0 Å². The minimum absolute atomic E-state index is 0. The molecule has 156 valence electrons. The summed E-state index contributed by atoms with van der Waals surface area (Å²) in [5.41, 5.74) is 2.82. The third-order valence-electron chi connectivity index (χ3n) is 5.64. The number of nitrogens with zero attached hydrogens (tertiary/aromatic N) is 1. The Morgan fingerprint density at radius 1 is 1.10 bits per heavy atom. The van der Waals surface area contributed by atoms with E-state index in [2.05, 4.69) is 31.5 Å². The molecule has 0 aromatic heterocycles. The quantitative estimate of drug-likeness (QED) is 0.363. The molecule has 0 radical (unpaired) electrons. The maximum absolute atomic E-state index is 12.9. The summed E-state index contributed by atoms with van der Waals surface area (Å²) in [5, 5.41) is 2.92. The highest BCUT2D eigenvalue weighted by Gasteiger charge is 2.29. The summed E-state index contributed by atoms with van der Waals surface area (Å²) in [6.07, 6.45) is 9.80. The molecular weight excluding hydrogens is 478 g/mol. The van der Waals surface area contributed by atoms with Crippen LogP contribution < -0.4 is 29.3 Å². The highest BCUT2D eigenvalue weighted by atomic mass is 127. The van der Waals surface area contributed by atoms with Crippen LogP contribution in [0, 0.1) is 5.82 Å². The zero-order valence-electron chi connectivity index (χ0n) is 17.2. The molecule has 3 rings (SSSR count). The Morgan fingerprint density at radius 2 is 1.79 bits per heavy atom. The molecule has 0 spiro atoms. The van der Waals surface area contributed by atoms with Gasteiger partial charge in [0.15, 0.2) is 0 Å². The summed E-state index contributed by atoms with van der Waals surface area (Å²) in [4.78, 5) is 12.2. The Morgan fingerprint density at radius 3 is 2.48 bits per heavy atom. The number of halogens is 2. The van der Waals surface area contributed by atoms with E-state index in [-0.39, 0.29) is 35.7 Å². The number of benzene rings is 2. The molecule has 1 fully saturated rings. The van der Waals surface area contributed by atoms with Crippen molar-refractivity contribution in [2.75, 3.05) is 19.4 Å². The van der Waals surface area contributed by atoms with Gasteiger partial charge in [-0.2, -0.15) is 0 Å². The first-order valence-electron chi connectivity index (χ1n) is 10.1. The lowest BCUT2D eigenvalue weighted by atomic mass is 9.92. The molecule has 0 unspecified atom stereocenters. The van der Waals surface area contributed by atoms with Gasteiger partial charge in [-0.1, -0.05) is 30.7 Å². The molecule has 1 amide bonds. The van der Waals surface area contributed by atoms with Crippen molar-refractivity contribution in [2.24, 2.45) is 0 Å². The van der Waals surface area contributed by atoms with Crippen molar-refractivity contribution in [1.82, 2.24) is 0 Å². The average Bonchev–Trinajstić information content (AvgIpc) is 2.68. The van der Waals surface area contributed by atoms with E-state index in [0.717, 1.165) is 22.3 Å².